The minimum atomic E-state index is 0.432. The molecule has 0 atom stereocenters. The standard InChI is InChI=1S/C9H10N4/c10-4-6-1-2-7-8(3-6)13-9(11)5-12-7/h1-3,5H,4,10H2,(H2,11,13). The molecule has 2 rings (SSSR count). The van der Waals surface area contributed by atoms with E-state index in [0.717, 1.165) is 16.6 Å². The maximum Gasteiger partial charge on any atom is 0.142 e. The van der Waals surface area contributed by atoms with Crippen LogP contribution in [0.3, 0.4) is 0 Å². The van der Waals surface area contributed by atoms with Gasteiger partial charge in [0.15, 0.2) is 0 Å². The summed E-state index contributed by atoms with van der Waals surface area (Å²) < 4.78 is 0. The van der Waals surface area contributed by atoms with E-state index in [2.05, 4.69) is 9.97 Å². The zero-order chi connectivity index (χ0) is 9.26. The Morgan fingerprint density at radius 3 is 2.85 bits per heavy atom. The van der Waals surface area contributed by atoms with Gasteiger partial charge in [-0.1, -0.05) is 6.07 Å². The first-order valence-corrected chi connectivity index (χ1v) is 4.01. The number of nitrogens with two attached hydrogens (primary N) is 2. The fraction of sp³-hybridized carbons (Fsp3) is 0.111. The third kappa shape index (κ3) is 1.43. The van der Waals surface area contributed by atoms with E-state index in [9.17, 15) is 0 Å². The molecule has 0 bridgehead atoms. The molecule has 4 heteroatoms. The smallest absolute Gasteiger partial charge is 0.142 e. The lowest BCUT2D eigenvalue weighted by molar-refractivity contribution is 1.07. The van der Waals surface area contributed by atoms with Crippen molar-refractivity contribution >= 4 is 16.9 Å². The quantitative estimate of drug-likeness (QED) is 0.666. The molecule has 0 fully saturated rings. The Labute approximate surface area is 75.6 Å². The lowest BCUT2D eigenvalue weighted by Crippen LogP contribution is -1.97. The van der Waals surface area contributed by atoms with E-state index in [1.165, 1.54) is 0 Å². The van der Waals surface area contributed by atoms with Gasteiger partial charge in [0, 0.05) is 6.54 Å². The van der Waals surface area contributed by atoms with Gasteiger partial charge < -0.3 is 11.5 Å². The van der Waals surface area contributed by atoms with Crippen LogP contribution in [0.4, 0.5) is 5.82 Å². The number of nitrogen functional groups attached to an aromatic ring is 1. The van der Waals surface area contributed by atoms with Gasteiger partial charge >= 0.3 is 0 Å². The number of hydrogen-bond donors (Lipinski definition) is 2. The molecule has 0 aliphatic rings. The second-order valence-electron chi connectivity index (χ2n) is 2.82. The van der Waals surface area contributed by atoms with Gasteiger partial charge in [0.25, 0.3) is 0 Å². The van der Waals surface area contributed by atoms with Crippen LogP contribution in [-0.2, 0) is 6.54 Å². The van der Waals surface area contributed by atoms with Crippen LogP contribution in [0.2, 0.25) is 0 Å². The van der Waals surface area contributed by atoms with Crippen LogP contribution in [-0.4, -0.2) is 9.97 Å². The fourth-order valence-corrected chi connectivity index (χ4v) is 1.20. The van der Waals surface area contributed by atoms with Crippen LogP contribution in [0, 0.1) is 0 Å². The van der Waals surface area contributed by atoms with E-state index < -0.39 is 0 Å². The number of fused-ring (bicyclic) bond motifs is 1. The number of nitrogens with zero attached hydrogens (tertiary/aromatic N) is 2. The SMILES string of the molecule is NCc1ccc2ncc(N)nc2c1. The number of anilines is 1. The Bertz CT molecular complexity index is 439. The average Bonchev–Trinajstić information content (AvgIpc) is 2.16. The predicted molar refractivity (Wildman–Crippen MR) is 51.8 cm³/mol. The van der Waals surface area contributed by atoms with Gasteiger partial charge in [-0.15, -0.1) is 0 Å². The molecule has 0 unspecified atom stereocenters. The molecule has 4 nitrogen and oxygen atoms in total. The van der Waals surface area contributed by atoms with Crippen molar-refractivity contribution in [1.82, 2.24) is 9.97 Å². The molecular weight excluding hydrogens is 164 g/mol. The largest absolute Gasteiger partial charge is 0.382 e. The van der Waals surface area contributed by atoms with E-state index >= 15 is 0 Å². The van der Waals surface area contributed by atoms with Crippen LogP contribution in [0.25, 0.3) is 11.0 Å². The van der Waals surface area contributed by atoms with Gasteiger partial charge in [-0.05, 0) is 17.7 Å². The van der Waals surface area contributed by atoms with Crippen LogP contribution in [0.1, 0.15) is 5.56 Å². The molecule has 0 spiro atoms. The Kier molecular flexibility index (Phi) is 1.83. The first-order chi connectivity index (χ1) is 6.29. The molecule has 0 radical (unpaired) electrons. The third-order valence-corrected chi connectivity index (χ3v) is 1.86. The Morgan fingerprint density at radius 1 is 1.23 bits per heavy atom. The molecule has 0 saturated heterocycles. The van der Waals surface area contributed by atoms with Crippen molar-refractivity contribution < 1.29 is 0 Å². The van der Waals surface area contributed by atoms with Crippen molar-refractivity contribution in [3.8, 4) is 0 Å². The topological polar surface area (TPSA) is 77.8 Å². The summed E-state index contributed by atoms with van der Waals surface area (Å²) in [5.74, 6) is 0.432. The second-order valence-corrected chi connectivity index (χ2v) is 2.82. The van der Waals surface area contributed by atoms with E-state index in [1.54, 1.807) is 6.20 Å². The first-order valence-electron chi connectivity index (χ1n) is 4.01. The minimum absolute atomic E-state index is 0.432. The monoisotopic (exact) mass is 174 g/mol. The first kappa shape index (κ1) is 7.94. The highest BCUT2D eigenvalue weighted by molar-refractivity contribution is 5.75. The minimum Gasteiger partial charge on any atom is -0.382 e. The van der Waals surface area contributed by atoms with Crippen molar-refractivity contribution in [2.75, 3.05) is 5.73 Å². The van der Waals surface area contributed by atoms with Crippen molar-refractivity contribution in [3.05, 3.63) is 30.0 Å². The number of rotatable bonds is 1. The number of hydrogen-bond acceptors (Lipinski definition) is 4. The van der Waals surface area contributed by atoms with E-state index in [-0.39, 0.29) is 0 Å². The summed E-state index contributed by atoms with van der Waals surface area (Å²) in [6.45, 7) is 0.506. The zero-order valence-electron chi connectivity index (χ0n) is 7.07. The molecule has 2 aromatic rings. The maximum atomic E-state index is 5.51. The molecule has 0 aliphatic heterocycles. The van der Waals surface area contributed by atoms with E-state index in [0.29, 0.717) is 12.4 Å². The van der Waals surface area contributed by atoms with E-state index in [1.807, 2.05) is 18.2 Å². The highest BCUT2D eigenvalue weighted by Gasteiger charge is 1.97. The summed E-state index contributed by atoms with van der Waals surface area (Å²) >= 11 is 0. The molecule has 13 heavy (non-hydrogen) atoms. The van der Waals surface area contributed by atoms with Gasteiger partial charge in [-0.25, -0.2) is 4.98 Å². The third-order valence-electron chi connectivity index (χ3n) is 1.86. The van der Waals surface area contributed by atoms with Crippen LogP contribution in [0.15, 0.2) is 24.4 Å². The second kappa shape index (κ2) is 2.99. The lowest BCUT2D eigenvalue weighted by atomic mass is 10.2. The van der Waals surface area contributed by atoms with Gasteiger partial charge in [0.2, 0.25) is 0 Å². The Morgan fingerprint density at radius 2 is 2.08 bits per heavy atom. The summed E-state index contributed by atoms with van der Waals surface area (Å²) in [6.07, 6.45) is 1.55. The van der Waals surface area contributed by atoms with Crippen LogP contribution >= 0.6 is 0 Å². The van der Waals surface area contributed by atoms with Gasteiger partial charge in [-0.2, -0.15) is 0 Å². The van der Waals surface area contributed by atoms with Crippen molar-refractivity contribution in [2.45, 2.75) is 6.54 Å². The highest BCUT2D eigenvalue weighted by atomic mass is 14.9. The van der Waals surface area contributed by atoms with Gasteiger partial charge in [0.1, 0.15) is 5.82 Å². The van der Waals surface area contributed by atoms with Gasteiger partial charge in [0.05, 0.1) is 17.2 Å². The Hall–Kier alpha value is -1.68. The molecule has 1 aromatic heterocycles. The molecular formula is C9H10N4. The molecule has 4 N–H and O–H groups in total. The number of aromatic nitrogens is 2. The molecule has 0 amide bonds. The summed E-state index contributed by atoms with van der Waals surface area (Å²) in [5.41, 5.74) is 13.7. The zero-order valence-corrected chi connectivity index (χ0v) is 7.07. The molecule has 1 heterocycles. The average molecular weight is 174 g/mol. The molecule has 0 saturated carbocycles. The normalized spacial score (nSPS) is 10.5. The van der Waals surface area contributed by atoms with E-state index in [4.69, 9.17) is 11.5 Å². The summed E-state index contributed by atoms with van der Waals surface area (Å²) in [6, 6.07) is 5.73. The summed E-state index contributed by atoms with van der Waals surface area (Å²) in [7, 11) is 0. The fourth-order valence-electron chi connectivity index (χ4n) is 1.20. The highest BCUT2D eigenvalue weighted by Crippen LogP contribution is 2.12. The van der Waals surface area contributed by atoms with Crippen LogP contribution in [0.5, 0.6) is 0 Å². The van der Waals surface area contributed by atoms with Crippen molar-refractivity contribution in [2.24, 2.45) is 5.73 Å². The summed E-state index contributed by atoms with van der Waals surface area (Å²) in [4.78, 5) is 8.27. The number of benzene rings is 1. The van der Waals surface area contributed by atoms with Gasteiger partial charge in [-0.3, -0.25) is 4.98 Å². The summed E-state index contributed by atoms with van der Waals surface area (Å²) in [5, 5.41) is 0. The Balaban J connectivity index is 2.68. The molecule has 0 aliphatic carbocycles. The van der Waals surface area contributed by atoms with Crippen molar-refractivity contribution in [1.29, 1.82) is 0 Å². The van der Waals surface area contributed by atoms with Crippen LogP contribution < -0.4 is 11.5 Å². The predicted octanol–water partition coefficient (Wildman–Crippen LogP) is 0.671. The maximum absolute atomic E-state index is 5.51. The van der Waals surface area contributed by atoms with Crippen molar-refractivity contribution in [3.63, 3.8) is 0 Å². The molecule has 66 valence electrons. The lowest BCUT2D eigenvalue weighted by Gasteiger charge is -2.00. The molecule has 1 aromatic carbocycles.